The van der Waals surface area contributed by atoms with Crippen LogP contribution in [-0.4, -0.2) is 48.4 Å². The maximum Gasteiger partial charge on any atom is 0.320 e. The third kappa shape index (κ3) is 28.1. The van der Waals surface area contributed by atoms with Crippen molar-refractivity contribution in [2.24, 2.45) is 5.73 Å². The van der Waals surface area contributed by atoms with Gasteiger partial charge in [0.2, 0.25) is 0 Å². The van der Waals surface area contributed by atoms with Gasteiger partial charge in [-0.3, -0.25) is 4.79 Å². The van der Waals surface area contributed by atoms with Gasteiger partial charge in [0.15, 0.2) is 11.5 Å². The van der Waals surface area contributed by atoms with Gasteiger partial charge in [-0.05, 0) is 82.3 Å². The second kappa shape index (κ2) is 28.1. The minimum Gasteiger partial charge on any atom is -0.504 e. The summed E-state index contributed by atoms with van der Waals surface area (Å²) in [5, 5.41) is 60.0. The Bertz CT molecular complexity index is 877. The summed E-state index contributed by atoms with van der Waals surface area (Å²) in [6.07, 6.45) is 4.93. The van der Waals surface area contributed by atoms with E-state index in [0.717, 1.165) is 0 Å². The first-order chi connectivity index (χ1) is 15.2. The second-order valence-electron chi connectivity index (χ2n) is 4.41. The van der Waals surface area contributed by atoms with Crippen LogP contribution in [0.2, 0.25) is 0 Å². The van der Waals surface area contributed by atoms with Crippen molar-refractivity contribution in [1.29, 1.82) is 0 Å². The van der Waals surface area contributed by atoms with Gasteiger partial charge in [-0.25, -0.2) is 21.0 Å². The molecule has 0 fully saturated rings. The van der Waals surface area contributed by atoms with Crippen LogP contribution >= 0.6 is 0 Å². The van der Waals surface area contributed by atoms with E-state index in [1.165, 1.54) is 23.8 Å². The summed E-state index contributed by atoms with van der Waals surface area (Å²) in [7, 11) is 0. The number of carboxylic acids is 1. The van der Waals surface area contributed by atoms with Gasteiger partial charge < -0.3 is 21.1 Å². The smallest absolute Gasteiger partial charge is 0.320 e. The molecule has 0 amide bonds. The molecule has 0 spiro atoms. The first-order valence-corrected chi connectivity index (χ1v) is 7.59. The molecular weight excluding hydrogens is 448 g/mol. The number of hydrogen-bond donors (Lipinski definition) is 9. The maximum atomic E-state index is 10.4. The molecule has 33 heavy (non-hydrogen) atoms. The Hall–Kier alpha value is -3.87. The van der Waals surface area contributed by atoms with E-state index in [9.17, 15) is 4.79 Å². The highest BCUT2D eigenvalue weighted by Gasteiger charge is 2.12. The van der Waals surface area contributed by atoms with Crippen LogP contribution in [0.4, 0.5) is 0 Å². The number of terminal acetylenes is 1. The van der Waals surface area contributed by atoms with E-state index in [2.05, 4.69) is 61.5 Å². The molecule has 1 rings (SSSR count). The molecule has 188 valence electrons. The first-order valence-electron chi connectivity index (χ1n) is 7.59. The van der Waals surface area contributed by atoms with Gasteiger partial charge >= 0.3 is 5.97 Å². The predicted molar refractivity (Wildman–Crippen MR) is 118 cm³/mol. The number of aromatic hydroxyl groups is 2. The number of benzene rings is 1. The summed E-state index contributed by atoms with van der Waals surface area (Å²) in [6, 6.07) is 3.09. The van der Waals surface area contributed by atoms with Crippen molar-refractivity contribution in [2.75, 3.05) is 0 Å². The van der Waals surface area contributed by atoms with Crippen LogP contribution in [0.5, 0.6) is 11.5 Å². The van der Waals surface area contributed by atoms with Crippen LogP contribution in [0, 0.1) is 47.9 Å². The molecule has 1 aromatic rings. The van der Waals surface area contributed by atoms with Gasteiger partial charge in [-0.2, -0.15) is 0 Å². The molecule has 1 aromatic carbocycles. The molecule has 0 saturated carbocycles. The van der Waals surface area contributed by atoms with E-state index in [0.29, 0.717) is 5.56 Å². The van der Waals surface area contributed by atoms with E-state index in [1.54, 1.807) is 6.92 Å². The van der Waals surface area contributed by atoms with E-state index in [1.807, 2.05) is 0 Å². The van der Waals surface area contributed by atoms with Crippen molar-refractivity contribution < 1.29 is 65.5 Å². The minimum atomic E-state index is -1.10. The quantitative estimate of drug-likeness (QED) is 0.121. The third-order valence-electron chi connectivity index (χ3n) is 2.37. The number of phenols is 2. The maximum absolute atomic E-state index is 10.4. The van der Waals surface area contributed by atoms with Crippen LogP contribution in [0.15, 0.2) is 18.2 Å². The van der Waals surface area contributed by atoms with Gasteiger partial charge in [-0.15, -0.1) is 16.4 Å². The normalized spacial score (nSPS) is 8.39. The van der Waals surface area contributed by atoms with Crippen molar-refractivity contribution in [2.45, 2.75) is 26.8 Å². The fraction of sp³-hybridized carbons (Fsp3) is 0.211. The summed E-state index contributed by atoms with van der Waals surface area (Å²) < 4.78 is 0. The first kappa shape index (κ1) is 36.5. The fourth-order valence-corrected chi connectivity index (χ4v) is 1.25. The van der Waals surface area contributed by atoms with Gasteiger partial charge in [0.05, 0.1) is 0 Å². The Morgan fingerprint density at radius 2 is 1.58 bits per heavy atom. The molecule has 14 nitrogen and oxygen atoms in total. The Kier molecular flexibility index (Phi) is 31.1. The van der Waals surface area contributed by atoms with E-state index in [-0.39, 0.29) is 29.6 Å². The molecule has 14 heteroatoms. The lowest BCUT2D eigenvalue weighted by atomic mass is 10.1. The number of rotatable bonds is 6. The van der Waals surface area contributed by atoms with E-state index < -0.39 is 12.0 Å². The standard InChI is InChI=1S/C9H11NO4.C9H4.CH4.H3NO4.H2O4.3H2/c10-6(9(13)14)3-5-1-2-7(11)8(12)4-5;1-3-5-7-9-8-6-4-2;;2-4-1-5-3;1-3-4-2;;;/h1-2,4,6,11-12H,3,10H2,(H,13,14);1H,2H3;1H4;1-3H;1-2H;3*1H/t6-;;;;;;;/m0......./s1. The largest absolute Gasteiger partial charge is 0.504 e. The number of nitrogens with one attached hydrogen (secondary N) is 1. The molecule has 0 aliphatic rings. The van der Waals surface area contributed by atoms with Gasteiger partial charge in [-0.1, -0.05) is 19.4 Å². The summed E-state index contributed by atoms with van der Waals surface area (Å²) in [5.74, 6) is 15.4. The molecule has 10 N–H and O–H groups in total. The lowest BCUT2D eigenvalue weighted by Crippen LogP contribution is -2.32. The monoisotopic (exact) mass is 478 g/mol. The minimum absolute atomic E-state index is 0. The Labute approximate surface area is 193 Å². The lowest BCUT2D eigenvalue weighted by molar-refractivity contribution is -0.611. The highest BCUT2D eigenvalue weighted by molar-refractivity contribution is 5.73. The van der Waals surface area contributed by atoms with Gasteiger partial charge in [0.1, 0.15) is 6.04 Å². The number of carbonyl (C=O) groups is 1. The van der Waals surface area contributed by atoms with Crippen LogP contribution in [0.25, 0.3) is 0 Å². The van der Waals surface area contributed by atoms with Crippen molar-refractivity contribution in [3.05, 3.63) is 23.8 Å². The van der Waals surface area contributed by atoms with Gasteiger partial charge in [0, 0.05) is 4.28 Å². The molecule has 0 radical (unpaired) electrons. The summed E-state index contributed by atoms with van der Waals surface area (Å²) in [4.78, 5) is 16.4. The summed E-state index contributed by atoms with van der Waals surface area (Å²) >= 11 is 0. The number of nitrogens with two attached hydrogens (primary N) is 1. The Balaban J connectivity index is -0.0000000670. The molecule has 0 aliphatic heterocycles. The zero-order valence-electron chi connectivity index (χ0n) is 16.3. The van der Waals surface area contributed by atoms with Crippen LogP contribution in [0.1, 0.15) is 24.2 Å². The zero-order valence-corrected chi connectivity index (χ0v) is 16.3. The van der Waals surface area contributed by atoms with Gasteiger partial charge in [0.25, 0.3) is 0 Å². The molecule has 1 atom stereocenters. The number of hydrogen-bond acceptors (Lipinski definition) is 13. The average molecular weight is 478 g/mol. The molecule has 0 bridgehead atoms. The van der Waals surface area contributed by atoms with Crippen LogP contribution in [0.3, 0.4) is 0 Å². The molecular formula is C19H30N2O12. The number of aliphatic carboxylic acids is 1. The number of phenolic OH excluding ortho intramolecular Hbond substituents is 2. The molecule has 0 aromatic heterocycles. The average Bonchev–Trinajstić information content (AvgIpc) is 2.78. The molecule has 0 heterocycles. The molecule has 0 saturated heterocycles. The fourth-order valence-electron chi connectivity index (χ4n) is 1.25. The van der Waals surface area contributed by atoms with Crippen LogP contribution < -0.4 is 11.4 Å². The molecule has 0 unspecified atom stereocenters. The topological polar surface area (TPSA) is 234 Å². The van der Waals surface area contributed by atoms with E-state index in [4.69, 9.17) is 48.5 Å². The highest BCUT2D eigenvalue weighted by Crippen LogP contribution is 2.25. The summed E-state index contributed by atoms with van der Waals surface area (Å²) in [5.41, 5.74) is 7.08. The van der Waals surface area contributed by atoms with Crippen molar-refractivity contribution in [3.63, 3.8) is 0 Å². The SMILES string of the molecule is C.C#CC#CC#CC#CC.N[C@@H](Cc1ccc(O)c(O)c1)C(=O)O.OONOO.OOOO.[HH].[HH].[HH]. The highest BCUT2D eigenvalue weighted by atomic mass is 17.6. The third-order valence-corrected chi connectivity index (χ3v) is 2.37. The van der Waals surface area contributed by atoms with E-state index >= 15 is 0 Å². The van der Waals surface area contributed by atoms with Crippen LogP contribution in [-0.2, 0) is 31.3 Å². The lowest BCUT2D eigenvalue weighted by Gasteiger charge is -2.06. The van der Waals surface area contributed by atoms with Crippen molar-refractivity contribution >= 4 is 5.97 Å². The second-order valence-corrected chi connectivity index (χ2v) is 4.41. The Morgan fingerprint density at radius 3 is 1.94 bits per heavy atom. The van der Waals surface area contributed by atoms with Crippen molar-refractivity contribution in [1.82, 2.24) is 5.64 Å². The predicted octanol–water partition coefficient (Wildman–Crippen LogP) is 1.34. The molecule has 0 aliphatic carbocycles. The van der Waals surface area contributed by atoms with Crippen molar-refractivity contribution in [3.8, 4) is 59.4 Å². The summed E-state index contributed by atoms with van der Waals surface area (Å²) in [6.45, 7) is 1.71. The Morgan fingerprint density at radius 1 is 1.06 bits per heavy atom. The number of carboxylic acid groups (broad SMARTS) is 1. The zero-order chi connectivity index (χ0) is 25.2.